The fraction of sp³-hybridized carbons (Fsp3) is 0.286. The highest BCUT2D eigenvalue weighted by Gasteiger charge is 2.22. The van der Waals surface area contributed by atoms with E-state index in [-0.39, 0.29) is 12.5 Å². The van der Waals surface area contributed by atoms with Crippen molar-refractivity contribution in [2.75, 3.05) is 26.1 Å². The van der Waals surface area contributed by atoms with Gasteiger partial charge in [-0.05, 0) is 81.3 Å². The van der Waals surface area contributed by atoms with Crippen molar-refractivity contribution in [3.8, 4) is 17.2 Å². The smallest absolute Gasteiger partial charge is 0.341 e. The number of aryl methyl sites for hydroxylation is 1. The summed E-state index contributed by atoms with van der Waals surface area (Å²) >= 11 is 1.32. The van der Waals surface area contributed by atoms with Gasteiger partial charge in [0, 0.05) is 10.4 Å². The number of rotatable bonds is 11. The number of anilines is 1. The first kappa shape index (κ1) is 29.2. The largest absolute Gasteiger partial charge is 0.493 e. The molecule has 2 N–H and O–H groups in total. The van der Waals surface area contributed by atoms with E-state index in [1.54, 1.807) is 63.4 Å². The average Bonchev–Trinajstić information content (AvgIpc) is 3.21. The van der Waals surface area contributed by atoms with Crippen molar-refractivity contribution in [3.05, 3.63) is 69.6 Å². The minimum Gasteiger partial charge on any atom is -0.493 e. The van der Waals surface area contributed by atoms with Gasteiger partial charge in [-0.3, -0.25) is 9.59 Å². The summed E-state index contributed by atoms with van der Waals surface area (Å²) in [6.07, 6.45) is 0.626. The number of methoxy groups -OCH3 is 2. The summed E-state index contributed by atoms with van der Waals surface area (Å²) in [7, 11) is 3.08. The molecule has 0 aliphatic heterocycles. The van der Waals surface area contributed by atoms with Gasteiger partial charge >= 0.3 is 5.97 Å². The van der Waals surface area contributed by atoms with Gasteiger partial charge < -0.3 is 24.3 Å². The van der Waals surface area contributed by atoms with Crippen LogP contribution in [0.1, 0.15) is 50.6 Å². The molecule has 0 aliphatic carbocycles. The number of hydrogen-bond acceptors (Lipinski definition) is 9. The van der Waals surface area contributed by atoms with Gasteiger partial charge in [0.2, 0.25) is 0 Å². The zero-order valence-electron chi connectivity index (χ0n) is 22.6. The highest BCUT2D eigenvalue weighted by Crippen LogP contribution is 2.33. The van der Waals surface area contributed by atoms with Crippen LogP contribution in [0.5, 0.6) is 17.2 Å². The van der Waals surface area contributed by atoms with Gasteiger partial charge in [-0.25, -0.2) is 10.2 Å². The standard InChI is InChI=1S/C28H31N3O7S/c1-7-37-28(34)24-16(2)18(4)39-27(24)30-26(33)20-9-11-21(12-10-20)38-17(3)25(32)31-29-15-19-8-13-22(35-5)23(14-19)36-6/h8-15,17H,7H2,1-6H3,(H,30,33)(H,31,32). The summed E-state index contributed by atoms with van der Waals surface area (Å²) in [4.78, 5) is 38.5. The fourth-order valence-electron chi connectivity index (χ4n) is 3.48. The van der Waals surface area contributed by atoms with E-state index in [1.165, 1.54) is 24.7 Å². The molecule has 11 heteroatoms. The number of esters is 1. The molecule has 2 amide bonds. The van der Waals surface area contributed by atoms with Crippen molar-refractivity contribution >= 4 is 40.3 Å². The third-order valence-electron chi connectivity index (χ3n) is 5.69. The molecule has 206 valence electrons. The molecular formula is C28H31N3O7S. The molecule has 0 aliphatic rings. The van der Waals surface area contributed by atoms with E-state index in [9.17, 15) is 14.4 Å². The first-order valence-corrected chi connectivity index (χ1v) is 12.9. The van der Waals surface area contributed by atoms with Gasteiger partial charge in [0.05, 0.1) is 32.6 Å². The maximum atomic E-state index is 12.8. The molecule has 1 aromatic heterocycles. The van der Waals surface area contributed by atoms with Crippen molar-refractivity contribution in [1.29, 1.82) is 0 Å². The molecule has 2 aromatic carbocycles. The molecule has 0 fully saturated rings. The molecule has 3 rings (SSSR count). The van der Waals surface area contributed by atoms with E-state index in [0.29, 0.717) is 38.9 Å². The van der Waals surface area contributed by atoms with Crippen molar-refractivity contribution in [2.45, 2.75) is 33.8 Å². The number of ether oxygens (including phenoxy) is 4. The monoisotopic (exact) mass is 553 g/mol. The molecule has 0 saturated heterocycles. The average molecular weight is 554 g/mol. The Balaban J connectivity index is 1.58. The number of hydrogen-bond donors (Lipinski definition) is 2. The first-order valence-electron chi connectivity index (χ1n) is 12.1. The molecule has 1 heterocycles. The van der Waals surface area contributed by atoms with Crippen LogP contribution in [-0.2, 0) is 9.53 Å². The lowest BCUT2D eigenvalue weighted by Crippen LogP contribution is -2.33. The van der Waals surface area contributed by atoms with Gasteiger partial charge in [0.25, 0.3) is 11.8 Å². The Morgan fingerprint density at radius 3 is 2.36 bits per heavy atom. The second kappa shape index (κ2) is 13.4. The third-order valence-corrected chi connectivity index (χ3v) is 6.81. The third kappa shape index (κ3) is 7.35. The molecular weight excluding hydrogens is 522 g/mol. The quantitative estimate of drug-likeness (QED) is 0.200. The maximum absolute atomic E-state index is 12.8. The molecule has 0 spiro atoms. The second-order valence-corrected chi connectivity index (χ2v) is 9.52. The Kier molecular flexibility index (Phi) is 10.0. The van der Waals surface area contributed by atoms with E-state index < -0.39 is 18.0 Å². The fourth-order valence-corrected chi connectivity index (χ4v) is 4.52. The number of nitrogens with one attached hydrogen (secondary N) is 2. The van der Waals surface area contributed by atoms with Crippen molar-refractivity contribution in [2.24, 2.45) is 5.10 Å². The molecule has 39 heavy (non-hydrogen) atoms. The minimum absolute atomic E-state index is 0.239. The number of carbonyl (C=O) groups excluding carboxylic acids is 3. The number of carbonyl (C=O) groups is 3. The summed E-state index contributed by atoms with van der Waals surface area (Å²) in [6, 6.07) is 11.5. The van der Waals surface area contributed by atoms with Crippen LogP contribution in [0.3, 0.4) is 0 Å². The van der Waals surface area contributed by atoms with Crippen LogP contribution in [0.15, 0.2) is 47.6 Å². The Hall–Kier alpha value is -4.38. The van der Waals surface area contributed by atoms with Crippen molar-refractivity contribution < 1.29 is 33.3 Å². The zero-order chi connectivity index (χ0) is 28.5. The van der Waals surface area contributed by atoms with Gasteiger partial charge in [-0.1, -0.05) is 0 Å². The summed E-state index contributed by atoms with van der Waals surface area (Å²) in [5, 5.41) is 7.20. The van der Waals surface area contributed by atoms with Crippen LogP contribution in [0.2, 0.25) is 0 Å². The molecule has 0 radical (unpaired) electrons. The SMILES string of the molecule is CCOC(=O)c1c(NC(=O)c2ccc(OC(C)C(=O)NN=Cc3ccc(OC)c(OC)c3)cc2)sc(C)c1C. The zero-order valence-corrected chi connectivity index (χ0v) is 23.4. The number of thiophene rings is 1. The molecule has 1 atom stereocenters. The van der Waals surface area contributed by atoms with Gasteiger partial charge in [-0.2, -0.15) is 5.10 Å². The van der Waals surface area contributed by atoms with E-state index >= 15 is 0 Å². The van der Waals surface area contributed by atoms with Crippen LogP contribution < -0.4 is 25.0 Å². The Morgan fingerprint density at radius 2 is 1.72 bits per heavy atom. The lowest BCUT2D eigenvalue weighted by atomic mass is 10.1. The maximum Gasteiger partial charge on any atom is 0.341 e. The predicted molar refractivity (Wildman–Crippen MR) is 150 cm³/mol. The summed E-state index contributed by atoms with van der Waals surface area (Å²) in [5.74, 6) is 0.211. The highest BCUT2D eigenvalue weighted by atomic mass is 32.1. The first-order chi connectivity index (χ1) is 18.7. The Morgan fingerprint density at radius 1 is 1.03 bits per heavy atom. The lowest BCUT2D eigenvalue weighted by molar-refractivity contribution is -0.127. The van der Waals surface area contributed by atoms with E-state index in [2.05, 4.69) is 15.8 Å². The second-order valence-electron chi connectivity index (χ2n) is 8.30. The summed E-state index contributed by atoms with van der Waals surface area (Å²) < 4.78 is 21.3. The number of hydrazone groups is 1. The van der Waals surface area contributed by atoms with E-state index in [4.69, 9.17) is 18.9 Å². The topological polar surface area (TPSA) is 125 Å². The normalized spacial score (nSPS) is 11.5. The van der Waals surface area contributed by atoms with E-state index in [1.807, 2.05) is 13.8 Å². The lowest BCUT2D eigenvalue weighted by Gasteiger charge is -2.13. The van der Waals surface area contributed by atoms with Crippen molar-refractivity contribution in [1.82, 2.24) is 5.43 Å². The van der Waals surface area contributed by atoms with Gasteiger partial charge in [0.1, 0.15) is 10.8 Å². The Bertz CT molecular complexity index is 1370. The van der Waals surface area contributed by atoms with Crippen LogP contribution in [-0.4, -0.2) is 50.9 Å². The highest BCUT2D eigenvalue weighted by molar-refractivity contribution is 7.16. The van der Waals surface area contributed by atoms with E-state index in [0.717, 1.165) is 10.4 Å². The predicted octanol–water partition coefficient (Wildman–Crippen LogP) is 4.73. The molecule has 1 unspecified atom stereocenters. The van der Waals surface area contributed by atoms with Crippen molar-refractivity contribution in [3.63, 3.8) is 0 Å². The number of benzene rings is 2. The van der Waals surface area contributed by atoms with Gasteiger partial charge in [-0.15, -0.1) is 11.3 Å². The molecule has 10 nitrogen and oxygen atoms in total. The van der Waals surface area contributed by atoms with Crippen LogP contribution >= 0.6 is 11.3 Å². The minimum atomic E-state index is -0.851. The Labute approximate surface area is 230 Å². The molecule has 3 aromatic rings. The number of nitrogens with zero attached hydrogens (tertiary/aromatic N) is 1. The molecule has 0 bridgehead atoms. The molecule has 0 saturated carbocycles. The van der Waals surface area contributed by atoms with Crippen LogP contribution in [0, 0.1) is 13.8 Å². The van der Waals surface area contributed by atoms with Crippen LogP contribution in [0.4, 0.5) is 5.00 Å². The summed E-state index contributed by atoms with van der Waals surface area (Å²) in [5.41, 5.74) is 4.64. The summed E-state index contributed by atoms with van der Waals surface area (Å²) in [6.45, 7) is 7.25. The van der Waals surface area contributed by atoms with Crippen LogP contribution in [0.25, 0.3) is 0 Å². The number of amides is 2. The van der Waals surface area contributed by atoms with Gasteiger partial charge in [0.15, 0.2) is 17.6 Å².